The molecule has 2 aliphatic carbocycles. The van der Waals surface area contributed by atoms with E-state index in [-0.39, 0.29) is 0 Å². The number of fused-ring (bicyclic) bond motifs is 1. The van der Waals surface area contributed by atoms with Crippen LogP contribution in [0.25, 0.3) is 0 Å². The third-order valence-electron chi connectivity index (χ3n) is 4.91. The van der Waals surface area contributed by atoms with E-state index in [1.165, 1.54) is 0 Å². The Morgan fingerprint density at radius 2 is 1.27 bits per heavy atom. The Labute approximate surface area is 177 Å². The van der Waals surface area contributed by atoms with E-state index in [0.29, 0.717) is 0 Å². The number of rotatable bonds is 3. The van der Waals surface area contributed by atoms with E-state index in [1.807, 2.05) is 0 Å². The number of aliphatic hydroxyl groups is 2. The lowest BCUT2D eigenvalue weighted by molar-refractivity contribution is -0.173. The maximum atomic E-state index is 13.2. The normalized spacial score (nSPS) is 33.4. The van der Waals surface area contributed by atoms with Crippen molar-refractivity contribution in [2.75, 3.05) is 0 Å². The monoisotopic (exact) mass is 429 g/mol. The van der Waals surface area contributed by atoms with E-state index in [9.17, 15) is 24.6 Å². The van der Waals surface area contributed by atoms with Crippen molar-refractivity contribution in [1.29, 1.82) is 0 Å². The van der Waals surface area contributed by atoms with Crippen molar-refractivity contribution in [1.82, 2.24) is 5.32 Å². The number of aliphatic hydroxyl groups excluding tert-OH is 2. The first-order valence-electron chi connectivity index (χ1n) is 10.1. The maximum Gasteiger partial charge on any atom is 0.408 e. The van der Waals surface area contributed by atoms with Crippen LogP contribution < -0.4 is 5.32 Å². The number of hydrogen-bond donors (Lipinski definition) is 3. The Balaban J connectivity index is 2.42. The lowest BCUT2D eigenvalue weighted by Crippen LogP contribution is -2.66. The summed E-state index contributed by atoms with van der Waals surface area (Å²) in [5, 5.41) is 23.8. The van der Waals surface area contributed by atoms with Gasteiger partial charge in [-0.3, -0.25) is 4.79 Å². The summed E-state index contributed by atoms with van der Waals surface area (Å²) in [5.74, 6) is -4.06. The highest BCUT2D eigenvalue weighted by molar-refractivity contribution is 5.92. The van der Waals surface area contributed by atoms with Crippen molar-refractivity contribution in [2.24, 2.45) is 17.8 Å². The number of nitrogens with one attached hydrogen (secondary N) is 1. The largest absolute Gasteiger partial charge is 0.460 e. The molecule has 0 radical (unpaired) electrons. The summed E-state index contributed by atoms with van der Waals surface area (Å²) in [5.41, 5.74) is -4.61. The Bertz CT molecular complexity index is 714. The number of amides is 1. The smallest absolute Gasteiger partial charge is 0.408 e. The summed E-state index contributed by atoms with van der Waals surface area (Å²) < 4.78 is 16.1. The molecule has 3 N–H and O–H groups in total. The lowest BCUT2D eigenvalue weighted by atomic mass is 9.86. The van der Waals surface area contributed by atoms with Gasteiger partial charge in [-0.2, -0.15) is 0 Å². The van der Waals surface area contributed by atoms with Gasteiger partial charge in [0.05, 0.1) is 12.0 Å². The van der Waals surface area contributed by atoms with Gasteiger partial charge in [0.1, 0.15) is 22.9 Å². The van der Waals surface area contributed by atoms with Crippen LogP contribution in [-0.2, 0) is 23.8 Å². The molecule has 0 aromatic carbocycles. The highest BCUT2D eigenvalue weighted by atomic mass is 16.6. The Kier molecular flexibility index (Phi) is 6.00. The molecule has 2 rings (SSSR count). The summed E-state index contributed by atoms with van der Waals surface area (Å²) >= 11 is 0. The van der Waals surface area contributed by atoms with E-state index >= 15 is 0 Å². The number of carbonyl (C=O) groups is 3. The summed E-state index contributed by atoms with van der Waals surface area (Å²) in [4.78, 5) is 38.5. The zero-order chi connectivity index (χ0) is 23.4. The van der Waals surface area contributed by atoms with Crippen LogP contribution in [0.15, 0.2) is 0 Å². The van der Waals surface area contributed by atoms with Gasteiger partial charge in [-0.1, -0.05) is 0 Å². The van der Waals surface area contributed by atoms with Crippen molar-refractivity contribution >= 4 is 18.0 Å². The van der Waals surface area contributed by atoms with E-state index in [2.05, 4.69) is 5.32 Å². The Hall–Kier alpha value is -1.87. The van der Waals surface area contributed by atoms with Crippen molar-refractivity contribution in [3.05, 3.63) is 0 Å². The fourth-order valence-corrected chi connectivity index (χ4v) is 4.00. The predicted molar refractivity (Wildman–Crippen MR) is 106 cm³/mol. The zero-order valence-electron chi connectivity index (χ0n) is 19.2. The van der Waals surface area contributed by atoms with Gasteiger partial charge in [-0.25, -0.2) is 9.59 Å². The molecule has 2 saturated carbocycles. The third-order valence-corrected chi connectivity index (χ3v) is 4.91. The summed E-state index contributed by atoms with van der Waals surface area (Å²) in [6.07, 6.45) is -4.06. The van der Waals surface area contributed by atoms with Crippen molar-refractivity contribution in [3.63, 3.8) is 0 Å². The fraction of sp³-hybridized carbons (Fsp3) is 0.857. The molecule has 5 unspecified atom stereocenters. The molecule has 0 spiro atoms. The molecule has 0 heterocycles. The van der Waals surface area contributed by atoms with E-state index in [1.54, 1.807) is 62.3 Å². The summed E-state index contributed by atoms with van der Waals surface area (Å²) in [7, 11) is 0. The molecule has 0 saturated heterocycles. The molecule has 9 nitrogen and oxygen atoms in total. The average Bonchev–Trinajstić information content (AvgIpc) is 3.16. The minimum absolute atomic E-state index is 0.609. The minimum atomic E-state index is -2.04. The Morgan fingerprint density at radius 1 is 0.800 bits per heavy atom. The number of esters is 2. The zero-order valence-corrected chi connectivity index (χ0v) is 19.2. The van der Waals surface area contributed by atoms with Crippen LogP contribution in [-0.4, -0.2) is 62.8 Å². The van der Waals surface area contributed by atoms with Crippen molar-refractivity contribution < 1.29 is 38.8 Å². The number of ether oxygens (including phenoxy) is 3. The molecule has 1 amide bonds. The molecule has 2 aliphatic rings. The first kappa shape index (κ1) is 24.4. The number of alkyl carbamates (subject to hydrolysis) is 1. The third kappa shape index (κ3) is 4.88. The van der Waals surface area contributed by atoms with Crippen LogP contribution in [0, 0.1) is 17.8 Å². The van der Waals surface area contributed by atoms with Crippen LogP contribution in [0.3, 0.4) is 0 Å². The van der Waals surface area contributed by atoms with Crippen molar-refractivity contribution in [3.8, 4) is 0 Å². The van der Waals surface area contributed by atoms with Crippen LogP contribution in [0.5, 0.6) is 0 Å². The van der Waals surface area contributed by atoms with Gasteiger partial charge < -0.3 is 29.7 Å². The van der Waals surface area contributed by atoms with E-state index in [0.717, 1.165) is 0 Å². The standard InChI is InChI=1S/C21H35NO8/c1-18(2,3)28-15(25)11-10-12(11)21(14(24)13(10)23,16(26)29-19(4,5)6)22-17(27)30-20(7,8)9/h10-14,23-24H,1-9H3,(H,22,27)/t10?,11?,12?,13?,14?,21-/m1/s1. The number of hydrogen-bond acceptors (Lipinski definition) is 8. The SMILES string of the molecule is CC(C)(C)OC(=O)N[C@@]1(C(=O)OC(C)(C)C)C(O)C(O)C2C(C(=O)OC(C)(C)C)C21. The average molecular weight is 430 g/mol. The second kappa shape index (κ2) is 7.37. The van der Waals surface area contributed by atoms with Crippen LogP contribution in [0.4, 0.5) is 4.79 Å². The predicted octanol–water partition coefficient (Wildman–Crippen LogP) is 1.53. The van der Waals surface area contributed by atoms with Crippen LogP contribution in [0.1, 0.15) is 62.3 Å². The van der Waals surface area contributed by atoms with Crippen LogP contribution in [0.2, 0.25) is 0 Å². The van der Waals surface area contributed by atoms with Gasteiger partial charge in [-0.15, -0.1) is 0 Å². The second-order valence-electron chi connectivity index (χ2n) is 11.1. The summed E-state index contributed by atoms with van der Waals surface area (Å²) in [6, 6.07) is 0. The molecule has 0 aliphatic heterocycles. The molecule has 30 heavy (non-hydrogen) atoms. The molecular weight excluding hydrogens is 394 g/mol. The second-order valence-corrected chi connectivity index (χ2v) is 11.1. The topological polar surface area (TPSA) is 131 Å². The highest BCUT2D eigenvalue weighted by Gasteiger charge is 2.80. The van der Waals surface area contributed by atoms with Gasteiger partial charge in [0, 0.05) is 11.8 Å². The molecule has 0 aromatic rings. The minimum Gasteiger partial charge on any atom is -0.460 e. The quantitative estimate of drug-likeness (QED) is 0.455. The molecule has 0 bridgehead atoms. The first-order chi connectivity index (χ1) is 13.3. The molecule has 2 fully saturated rings. The lowest BCUT2D eigenvalue weighted by Gasteiger charge is -2.38. The highest BCUT2D eigenvalue weighted by Crippen LogP contribution is 2.63. The van der Waals surface area contributed by atoms with Crippen LogP contribution >= 0.6 is 0 Å². The van der Waals surface area contributed by atoms with E-state index < -0.39 is 70.3 Å². The Morgan fingerprint density at radius 3 is 1.70 bits per heavy atom. The first-order valence-corrected chi connectivity index (χ1v) is 10.1. The molecular formula is C21H35NO8. The van der Waals surface area contributed by atoms with Crippen molar-refractivity contribution in [2.45, 2.75) is 96.9 Å². The maximum absolute atomic E-state index is 13.2. The number of carbonyl (C=O) groups excluding carboxylic acids is 3. The fourth-order valence-electron chi connectivity index (χ4n) is 4.00. The molecule has 172 valence electrons. The van der Waals surface area contributed by atoms with Gasteiger partial charge >= 0.3 is 18.0 Å². The van der Waals surface area contributed by atoms with Gasteiger partial charge in [0.25, 0.3) is 0 Å². The molecule has 9 heteroatoms. The molecule has 0 aromatic heterocycles. The molecule has 6 atom stereocenters. The van der Waals surface area contributed by atoms with Gasteiger partial charge in [0.15, 0.2) is 5.54 Å². The van der Waals surface area contributed by atoms with Gasteiger partial charge in [-0.05, 0) is 62.3 Å². The van der Waals surface area contributed by atoms with E-state index in [4.69, 9.17) is 14.2 Å². The summed E-state index contributed by atoms with van der Waals surface area (Å²) in [6.45, 7) is 15.0. The van der Waals surface area contributed by atoms with Gasteiger partial charge in [0.2, 0.25) is 0 Å².